The Balaban J connectivity index is 2.69. The maximum atomic E-state index is 3.27. The molecule has 0 amide bonds. The second-order valence-corrected chi connectivity index (χ2v) is 3.82. The molecule has 1 heteroatoms. The Kier molecular flexibility index (Phi) is 2.91. The summed E-state index contributed by atoms with van der Waals surface area (Å²) in [6, 6.07) is 13.0. The van der Waals surface area contributed by atoms with Gasteiger partial charge in [0.15, 0.2) is 0 Å². The monoisotopic (exact) mass is 199 g/mol. The summed E-state index contributed by atoms with van der Waals surface area (Å²) in [4.78, 5) is 0. The minimum Gasteiger partial charge on any atom is -0.388 e. The Bertz CT molecular complexity index is 455. The van der Waals surface area contributed by atoms with E-state index in [4.69, 9.17) is 0 Å². The van der Waals surface area contributed by atoms with E-state index in [0.717, 1.165) is 6.42 Å². The molecule has 0 radical (unpaired) electrons. The van der Waals surface area contributed by atoms with E-state index in [-0.39, 0.29) is 0 Å². The lowest BCUT2D eigenvalue weighted by molar-refractivity contribution is 0.930. The fourth-order valence-electron chi connectivity index (χ4n) is 2.10. The van der Waals surface area contributed by atoms with Gasteiger partial charge in [-0.3, -0.25) is 0 Å². The predicted octanol–water partition coefficient (Wildman–Crippen LogP) is 3.83. The standard InChI is InChI=1S/C14H17N/c1-3-6-11-7-4-8-12-9-5-10-13(15-2)14(11)12/h4-5,7-10,15H,3,6H2,1-2H3. The molecule has 0 saturated heterocycles. The first-order valence-corrected chi connectivity index (χ1v) is 5.55. The molecule has 0 aliphatic carbocycles. The van der Waals surface area contributed by atoms with Crippen LogP contribution in [0.4, 0.5) is 5.69 Å². The fraction of sp³-hybridized carbons (Fsp3) is 0.286. The highest BCUT2D eigenvalue weighted by Gasteiger charge is 2.03. The van der Waals surface area contributed by atoms with E-state index in [2.05, 4.69) is 48.6 Å². The average Bonchev–Trinajstić information content (AvgIpc) is 2.29. The maximum Gasteiger partial charge on any atom is 0.0420 e. The van der Waals surface area contributed by atoms with Crippen molar-refractivity contribution in [2.75, 3.05) is 12.4 Å². The van der Waals surface area contributed by atoms with Crippen molar-refractivity contribution in [3.63, 3.8) is 0 Å². The van der Waals surface area contributed by atoms with Gasteiger partial charge in [0.2, 0.25) is 0 Å². The number of hydrogen-bond donors (Lipinski definition) is 1. The summed E-state index contributed by atoms with van der Waals surface area (Å²) >= 11 is 0. The van der Waals surface area contributed by atoms with Crippen molar-refractivity contribution >= 4 is 16.5 Å². The van der Waals surface area contributed by atoms with Gasteiger partial charge >= 0.3 is 0 Å². The summed E-state index contributed by atoms with van der Waals surface area (Å²) in [5, 5.41) is 5.97. The lowest BCUT2D eigenvalue weighted by atomic mass is 9.99. The molecule has 78 valence electrons. The highest BCUT2D eigenvalue weighted by atomic mass is 14.8. The highest BCUT2D eigenvalue weighted by Crippen LogP contribution is 2.27. The van der Waals surface area contributed by atoms with Crippen LogP contribution in [0.3, 0.4) is 0 Å². The van der Waals surface area contributed by atoms with Gasteiger partial charge in [0.1, 0.15) is 0 Å². The molecule has 1 N–H and O–H groups in total. The van der Waals surface area contributed by atoms with Crippen molar-refractivity contribution in [1.82, 2.24) is 0 Å². The fourth-order valence-corrected chi connectivity index (χ4v) is 2.10. The third-order valence-electron chi connectivity index (χ3n) is 2.78. The number of aryl methyl sites for hydroxylation is 1. The molecule has 0 aromatic heterocycles. The largest absolute Gasteiger partial charge is 0.388 e. The molecule has 2 aromatic carbocycles. The molecular formula is C14H17N. The Morgan fingerprint density at radius 2 is 1.80 bits per heavy atom. The first kappa shape index (κ1) is 10.0. The van der Waals surface area contributed by atoms with Crippen molar-refractivity contribution in [1.29, 1.82) is 0 Å². The normalized spacial score (nSPS) is 10.5. The zero-order valence-corrected chi connectivity index (χ0v) is 9.38. The van der Waals surface area contributed by atoms with Crippen molar-refractivity contribution in [3.8, 4) is 0 Å². The van der Waals surface area contributed by atoms with Gasteiger partial charge in [-0.05, 0) is 23.4 Å². The van der Waals surface area contributed by atoms with E-state index in [9.17, 15) is 0 Å². The molecule has 1 nitrogen and oxygen atoms in total. The van der Waals surface area contributed by atoms with Crippen molar-refractivity contribution in [3.05, 3.63) is 42.0 Å². The number of hydrogen-bond acceptors (Lipinski definition) is 1. The summed E-state index contributed by atoms with van der Waals surface area (Å²) in [6.07, 6.45) is 2.34. The van der Waals surface area contributed by atoms with Gasteiger partial charge in [-0.15, -0.1) is 0 Å². The molecule has 15 heavy (non-hydrogen) atoms. The number of nitrogens with one attached hydrogen (secondary N) is 1. The smallest absolute Gasteiger partial charge is 0.0420 e. The zero-order chi connectivity index (χ0) is 10.7. The average molecular weight is 199 g/mol. The number of rotatable bonds is 3. The van der Waals surface area contributed by atoms with Crippen LogP contribution in [-0.4, -0.2) is 7.05 Å². The summed E-state index contributed by atoms with van der Waals surface area (Å²) in [5.74, 6) is 0. The molecule has 2 rings (SSSR count). The quantitative estimate of drug-likeness (QED) is 0.792. The zero-order valence-electron chi connectivity index (χ0n) is 9.38. The van der Waals surface area contributed by atoms with E-state index in [1.165, 1.54) is 28.4 Å². The van der Waals surface area contributed by atoms with Gasteiger partial charge in [0.05, 0.1) is 0 Å². The molecule has 0 aliphatic rings. The van der Waals surface area contributed by atoms with E-state index in [1.807, 2.05) is 7.05 Å². The lowest BCUT2D eigenvalue weighted by Gasteiger charge is -2.10. The number of anilines is 1. The van der Waals surface area contributed by atoms with Crippen LogP contribution in [-0.2, 0) is 6.42 Å². The highest BCUT2D eigenvalue weighted by molar-refractivity contribution is 5.96. The van der Waals surface area contributed by atoms with Crippen LogP contribution >= 0.6 is 0 Å². The molecule has 0 heterocycles. The minimum absolute atomic E-state index is 1.15. The van der Waals surface area contributed by atoms with Crippen LogP contribution in [0.5, 0.6) is 0 Å². The summed E-state index contributed by atoms with van der Waals surface area (Å²) in [6.45, 7) is 2.22. The molecule has 0 fully saturated rings. The van der Waals surface area contributed by atoms with Gasteiger partial charge in [-0.25, -0.2) is 0 Å². The third kappa shape index (κ3) is 1.82. The van der Waals surface area contributed by atoms with Crippen LogP contribution in [0.2, 0.25) is 0 Å². The van der Waals surface area contributed by atoms with Gasteiger partial charge in [0.25, 0.3) is 0 Å². The SMILES string of the molecule is CCCc1cccc2cccc(NC)c12. The van der Waals surface area contributed by atoms with Gasteiger partial charge < -0.3 is 5.32 Å². The number of benzene rings is 2. The molecule has 0 saturated carbocycles. The summed E-state index contributed by atoms with van der Waals surface area (Å²) in [7, 11) is 1.98. The minimum atomic E-state index is 1.15. The van der Waals surface area contributed by atoms with Crippen LogP contribution in [0, 0.1) is 0 Å². The topological polar surface area (TPSA) is 12.0 Å². The summed E-state index contributed by atoms with van der Waals surface area (Å²) < 4.78 is 0. The van der Waals surface area contributed by atoms with E-state index in [0.29, 0.717) is 0 Å². The van der Waals surface area contributed by atoms with Crippen molar-refractivity contribution in [2.45, 2.75) is 19.8 Å². The molecule has 0 spiro atoms. The van der Waals surface area contributed by atoms with Gasteiger partial charge in [0, 0.05) is 18.1 Å². The summed E-state index contributed by atoms with van der Waals surface area (Å²) in [5.41, 5.74) is 2.68. The van der Waals surface area contributed by atoms with Crippen LogP contribution in [0.25, 0.3) is 10.8 Å². The Morgan fingerprint density at radius 3 is 2.47 bits per heavy atom. The Hall–Kier alpha value is -1.50. The predicted molar refractivity (Wildman–Crippen MR) is 67.5 cm³/mol. The maximum absolute atomic E-state index is 3.27. The van der Waals surface area contributed by atoms with Gasteiger partial charge in [-0.1, -0.05) is 43.7 Å². The molecule has 2 aromatic rings. The van der Waals surface area contributed by atoms with Crippen LogP contribution < -0.4 is 5.32 Å². The van der Waals surface area contributed by atoms with E-state index >= 15 is 0 Å². The molecule has 0 aliphatic heterocycles. The van der Waals surface area contributed by atoms with Crippen molar-refractivity contribution < 1.29 is 0 Å². The molecule has 0 atom stereocenters. The first-order chi connectivity index (χ1) is 7.36. The molecule has 0 unspecified atom stereocenters. The molecule has 0 bridgehead atoms. The van der Waals surface area contributed by atoms with Crippen molar-refractivity contribution in [2.24, 2.45) is 0 Å². The van der Waals surface area contributed by atoms with E-state index in [1.54, 1.807) is 0 Å². The Labute approximate surface area is 91.1 Å². The van der Waals surface area contributed by atoms with Gasteiger partial charge in [-0.2, -0.15) is 0 Å². The van der Waals surface area contributed by atoms with Crippen LogP contribution in [0.15, 0.2) is 36.4 Å². The Morgan fingerprint density at radius 1 is 1.07 bits per heavy atom. The second kappa shape index (κ2) is 4.35. The lowest BCUT2D eigenvalue weighted by Crippen LogP contribution is -1.93. The second-order valence-electron chi connectivity index (χ2n) is 3.82. The number of fused-ring (bicyclic) bond motifs is 1. The first-order valence-electron chi connectivity index (χ1n) is 5.55. The van der Waals surface area contributed by atoms with E-state index < -0.39 is 0 Å². The van der Waals surface area contributed by atoms with Crippen LogP contribution in [0.1, 0.15) is 18.9 Å². The third-order valence-corrected chi connectivity index (χ3v) is 2.78. The molecular weight excluding hydrogens is 182 g/mol.